The zero-order valence-corrected chi connectivity index (χ0v) is 25.9. The fourth-order valence-corrected chi connectivity index (χ4v) is 6.61. The average Bonchev–Trinajstić information content (AvgIpc) is 3.71. The summed E-state index contributed by atoms with van der Waals surface area (Å²) < 4.78 is 34.2. The predicted molar refractivity (Wildman–Crippen MR) is 164 cm³/mol. The standard InChI is InChI=1S/C31H35ClF2N8O3/c1-20(2)16-39-11-6-31(19-39)7-12-40(13-8-31)26(43)18-41-17-24(37-29(44)23-15-36-42-10-3-9-35-28(23)42)27(38-41)22-14-21(32)4-5-25(22)45-30(33)34/h3-5,9-10,14-15,17,20,30H,6-8,11-13,16,18-19H2,1-2H3,(H,37,44). The molecule has 45 heavy (non-hydrogen) atoms. The van der Waals surface area contributed by atoms with E-state index in [0.29, 0.717) is 24.7 Å². The second kappa shape index (κ2) is 12.7. The van der Waals surface area contributed by atoms with Gasteiger partial charge in [-0.15, -0.1) is 0 Å². The van der Waals surface area contributed by atoms with Gasteiger partial charge in [-0.1, -0.05) is 25.4 Å². The van der Waals surface area contributed by atoms with E-state index < -0.39 is 12.5 Å². The highest BCUT2D eigenvalue weighted by Gasteiger charge is 2.41. The van der Waals surface area contributed by atoms with Crippen LogP contribution >= 0.6 is 11.6 Å². The van der Waals surface area contributed by atoms with Crippen LogP contribution in [0, 0.1) is 11.3 Å². The van der Waals surface area contributed by atoms with Gasteiger partial charge in [0, 0.05) is 55.4 Å². The molecule has 2 saturated heterocycles. The summed E-state index contributed by atoms with van der Waals surface area (Å²) in [5.74, 6) is -0.213. The zero-order chi connectivity index (χ0) is 31.7. The highest BCUT2D eigenvalue weighted by molar-refractivity contribution is 6.31. The number of amides is 2. The summed E-state index contributed by atoms with van der Waals surface area (Å²) >= 11 is 6.24. The van der Waals surface area contributed by atoms with Crippen LogP contribution in [-0.4, -0.2) is 85.3 Å². The van der Waals surface area contributed by atoms with Gasteiger partial charge in [0.2, 0.25) is 5.91 Å². The van der Waals surface area contributed by atoms with Gasteiger partial charge < -0.3 is 19.9 Å². The number of halogens is 3. The van der Waals surface area contributed by atoms with E-state index in [-0.39, 0.29) is 51.1 Å². The lowest BCUT2D eigenvalue weighted by molar-refractivity contribution is -0.134. The number of alkyl halides is 2. The number of nitrogens with one attached hydrogen (secondary N) is 1. The number of carbonyl (C=O) groups excluding carboxylic acids is 2. The molecule has 11 nitrogen and oxygen atoms in total. The Bertz CT molecular complexity index is 1700. The van der Waals surface area contributed by atoms with Gasteiger partial charge in [0.05, 0.1) is 11.9 Å². The van der Waals surface area contributed by atoms with E-state index in [1.54, 1.807) is 18.5 Å². The predicted octanol–water partition coefficient (Wildman–Crippen LogP) is 5.07. The Morgan fingerprint density at radius 1 is 1.16 bits per heavy atom. The number of hydrogen-bond acceptors (Lipinski definition) is 7. The number of likely N-dealkylation sites (tertiary alicyclic amines) is 2. The molecule has 6 rings (SSSR count). The minimum absolute atomic E-state index is 0.0980. The maximum Gasteiger partial charge on any atom is 0.387 e. The molecule has 1 spiro atoms. The van der Waals surface area contributed by atoms with E-state index in [1.807, 2.05) is 4.90 Å². The molecule has 0 radical (unpaired) electrons. The van der Waals surface area contributed by atoms with Crippen LogP contribution < -0.4 is 10.1 Å². The molecular formula is C31H35ClF2N8O3. The minimum Gasteiger partial charge on any atom is -0.434 e. The van der Waals surface area contributed by atoms with Gasteiger partial charge in [-0.3, -0.25) is 14.3 Å². The van der Waals surface area contributed by atoms with E-state index in [9.17, 15) is 18.4 Å². The lowest BCUT2D eigenvalue weighted by Crippen LogP contribution is -2.45. The summed E-state index contributed by atoms with van der Waals surface area (Å²) in [6.07, 6.45) is 9.13. The molecule has 2 aliphatic heterocycles. The normalized spacial score (nSPS) is 16.7. The molecule has 0 atom stereocenters. The third-order valence-corrected chi connectivity index (χ3v) is 8.80. The number of aromatic nitrogens is 5. The average molecular weight is 641 g/mol. The Labute approximate surface area is 264 Å². The molecule has 0 unspecified atom stereocenters. The largest absolute Gasteiger partial charge is 0.434 e. The van der Waals surface area contributed by atoms with Crippen LogP contribution in [0.15, 0.2) is 49.1 Å². The van der Waals surface area contributed by atoms with Gasteiger partial charge >= 0.3 is 6.61 Å². The van der Waals surface area contributed by atoms with Crippen molar-refractivity contribution in [3.05, 3.63) is 59.6 Å². The number of ether oxygens (including phenoxy) is 1. The number of hydrogen-bond donors (Lipinski definition) is 1. The minimum atomic E-state index is -3.10. The fourth-order valence-electron chi connectivity index (χ4n) is 6.43. The van der Waals surface area contributed by atoms with Crippen LogP contribution in [0.1, 0.15) is 43.5 Å². The topological polar surface area (TPSA) is 110 Å². The molecule has 0 saturated carbocycles. The van der Waals surface area contributed by atoms with Crippen molar-refractivity contribution >= 4 is 34.7 Å². The van der Waals surface area contributed by atoms with Crippen molar-refractivity contribution in [2.24, 2.45) is 11.3 Å². The molecule has 0 aliphatic carbocycles. The van der Waals surface area contributed by atoms with Gasteiger partial charge in [0.25, 0.3) is 5.91 Å². The maximum absolute atomic E-state index is 13.5. The highest BCUT2D eigenvalue weighted by Crippen LogP contribution is 2.41. The smallest absolute Gasteiger partial charge is 0.387 e. The van der Waals surface area contributed by atoms with Crippen LogP contribution in [0.3, 0.4) is 0 Å². The number of rotatable bonds is 9. The summed E-state index contributed by atoms with van der Waals surface area (Å²) in [5, 5.41) is 11.8. The lowest BCUT2D eigenvalue weighted by atomic mass is 9.78. The second-order valence-corrected chi connectivity index (χ2v) is 12.7. The number of fused-ring (bicyclic) bond motifs is 1. The van der Waals surface area contributed by atoms with Crippen molar-refractivity contribution in [2.75, 3.05) is 38.0 Å². The Morgan fingerprint density at radius 3 is 2.69 bits per heavy atom. The van der Waals surface area contributed by atoms with Gasteiger partial charge in [-0.25, -0.2) is 9.50 Å². The molecule has 4 aromatic rings. The van der Waals surface area contributed by atoms with E-state index in [2.05, 4.69) is 39.2 Å². The van der Waals surface area contributed by atoms with Crippen molar-refractivity contribution < 1.29 is 23.1 Å². The number of nitrogens with zero attached hydrogens (tertiary/aromatic N) is 7. The summed E-state index contributed by atoms with van der Waals surface area (Å²) in [6, 6.07) is 5.84. The lowest BCUT2D eigenvalue weighted by Gasteiger charge is -2.39. The number of carbonyl (C=O) groups is 2. The van der Waals surface area contributed by atoms with Crippen LogP contribution in [0.25, 0.3) is 16.9 Å². The van der Waals surface area contributed by atoms with Crippen molar-refractivity contribution in [2.45, 2.75) is 46.3 Å². The third kappa shape index (κ3) is 6.79. The Hall–Kier alpha value is -4.10. The van der Waals surface area contributed by atoms with Crippen LogP contribution in [0.5, 0.6) is 5.75 Å². The Kier molecular flexibility index (Phi) is 8.74. The molecular weight excluding hydrogens is 606 g/mol. The SMILES string of the molecule is CC(C)CN1CCC2(CCN(C(=O)Cn3cc(NC(=O)c4cnn5cccnc45)c(-c4cc(Cl)ccc4OC(F)F)n3)CC2)C1. The summed E-state index contributed by atoms with van der Waals surface area (Å²) in [5.41, 5.74) is 1.21. The number of benzene rings is 1. The molecule has 2 fully saturated rings. The summed E-state index contributed by atoms with van der Waals surface area (Å²) in [4.78, 5) is 35.5. The molecule has 3 aromatic heterocycles. The molecule has 1 aromatic carbocycles. The first-order valence-electron chi connectivity index (χ1n) is 15.0. The summed E-state index contributed by atoms with van der Waals surface area (Å²) in [6.45, 7) is 5.86. The van der Waals surface area contributed by atoms with Crippen molar-refractivity contribution in [1.82, 2.24) is 34.2 Å². The van der Waals surface area contributed by atoms with Gasteiger partial charge in [0.1, 0.15) is 23.6 Å². The molecule has 5 heterocycles. The molecule has 2 aliphatic rings. The van der Waals surface area contributed by atoms with E-state index in [1.165, 1.54) is 39.8 Å². The third-order valence-electron chi connectivity index (χ3n) is 8.56. The number of anilines is 1. The van der Waals surface area contributed by atoms with Crippen LogP contribution in [0.2, 0.25) is 5.02 Å². The van der Waals surface area contributed by atoms with E-state index in [4.69, 9.17) is 16.3 Å². The first kappa shape index (κ1) is 30.9. The van der Waals surface area contributed by atoms with Crippen molar-refractivity contribution in [3.8, 4) is 17.0 Å². The van der Waals surface area contributed by atoms with E-state index in [0.717, 1.165) is 38.9 Å². The Morgan fingerprint density at radius 2 is 1.93 bits per heavy atom. The first-order chi connectivity index (χ1) is 21.6. The second-order valence-electron chi connectivity index (χ2n) is 12.3. The first-order valence-corrected chi connectivity index (χ1v) is 15.4. The fraction of sp³-hybridized carbons (Fsp3) is 0.452. The van der Waals surface area contributed by atoms with Gasteiger partial charge in [-0.05, 0) is 61.4 Å². The Balaban J connectivity index is 1.23. The molecule has 0 bridgehead atoms. The maximum atomic E-state index is 13.5. The monoisotopic (exact) mass is 640 g/mol. The van der Waals surface area contributed by atoms with Crippen molar-refractivity contribution in [3.63, 3.8) is 0 Å². The van der Waals surface area contributed by atoms with E-state index >= 15 is 0 Å². The zero-order valence-electron chi connectivity index (χ0n) is 25.1. The molecule has 1 N–H and O–H groups in total. The quantitative estimate of drug-likeness (QED) is 0.272. The number of piperidine rings is 1. The molecule has 2 amide bonds. The van der Waals surface area contributed by atoms with Gasteiger partial charge in [-0.2, -0.15) is 19.0 Å². The molecule has 14 heteroatoms. The van der Waals surface area contributed by atoms with Crippen LogP contribution in [-0.2, 0) is 11.3 Å². The van der Waals surface area contributed by atoms with Crippen LogP contribution in [0.4, 0.5) is 14.5 Å². The highest BCUT2D eigenvalue weighted by atomic mass is 35.5. The van der Waals surface area contributed by atoms with Gasteiger partial charge in [0.15, 0.2) is 5.65 Å². The van der Waals surface area contributed by atoms with Crippen molar-refractivity contribution in [1.29, 1.82) is 0 Å². The summed E-state index contributed by atoms with van der Waals surface area (Å²) in [7, 11) is 0. The molecule has 238 valence electrons.